The largest absolute Gasteiger partial charge is 0.454 e. The molecule has 0 saturated carbocycles. The van der Waals surface area contributed by atoms with Crippen molar-refractivity contribution in [2.24, 2.45) is 17.6 Å². The van der Waals surface area contributed by atoms with Crippen molar-refractivity contribution < 1.29 is 14.3 Å². The highest BCUT2D eigenvalue weighted by Gasteiger charge is 2.24. The zero-order chi connectivity index (χ0) is 12.4. The molecule has 1 aliphatic heterocycles. The molecule has 1 heterocycles. The predicted octanol–water partition coefficient (Wildman–Crippen LogP) is 1.83. The summed E-state index contributed by atoms with van der Waals surface area (Å²) in [4.78, 5) is 12.2. The number of carbonyl (C=O) groups excluding carboxylic acids is 1. The molecule has 1 unspecified atom stereocenters. The number of rotatable bonds is 4. The summed E-state index contributed by atoms with van der Waals surface area (Å²) in [5.74, 6) is 1.49. The van der Waals surface area contributed by atoms with Crippen LogP contribution in [-0.2, 0) is 0 Å². The molecule has 2 N–H and O–H groups in total. The zero-order valence-electron chi connectivity index (χ0n) is 10.1. The Morgan fingerprint density at radius 1 is 1.35 bits per heavy atom. The molecule has 0 saturated heterocycles. The fourth-order valence-corrected chi connectivity index (χ4v) is 1.95. The van der Waals surface area contributed by atoms with Gasteiger partial charge in [0.05, 0.1) is 0 Å². The monoisotopic (exact) mass is 235 g/mol. The van der Waals surface area contributed by atoms with E-state index in [4.69, 9.17) is 15.2 Å². The lowest BCUT2D eigenvalue weighted by molar-refractivity contribution is 0.0891. The molecule has 1 atom stereocenters. The maximum absolute atomic E-state index is 12.2. The molecule has 0 aliphatic carbocycles. The van der Waals surface area contributed by atoms with Crippen molar-refractivity contribution in [3.05, 3.63) is 23.8 Å². The first-order chi connectivity index (χ1) is 8.13. The third kappa shape index (κ3) is 2.26. The van der Waals surface area contributed by atoms with E-state index in [2.05, 4.69) is 0 Å². The Bertz CT molecular complexity index is 429. The molecule has 2 rings (SSSR count). The predicted molar refractivity (Wildman–Crippen MR) is 64.3 cm³/mol. The average molecular weight is 235 g/mol. The molecule has 0 bridgehead atoms. The Labute approximate surface area is 101 Å². The van der Waals surface area contributed by atoms with Crippen LogP contribution < -0.4 is 15.2 Å². The second-order valence-corrected chi connectivity index (χ2v) is 4.52. The Hall–Kier alpha value is -1.55. The number of ether oxygens (including phenoxy) is 2. The van der Waals surface area contributed by atoms with E-state index >= 15 is 0 Å². The van der Waals surface area contributed by atoms with E-state index in [0.717, 1.165) is 0 Å². The van der Waals surface area contributed by atoms with Gasteiger partial charge in [0.2, 0.25) is 6.79 Å². The van der Waals surface area contributed by atoms with Gasteiger partial charge < -0.3 is 15.2 Å². The highest BCUT2D eigenvalue weighted by Crippen LogP contribution is 2.33. The molecule has 4 heteroatoms. The van der Waals surface area contributed by atoms with Crippen molar-refractivity contribution in [3.63, 3.8) is 0 Å². The third-order valence-corrected chi connectivity index (χ3v) is 3.05. The molecule has 4 nitrogen and oxygen atoms in total. The average Bonchev–Trinajstić information content (AvgIpc) is 2.75. The first-order valence-corrected chi connectivity index (χ1v) is 5.77. The van der Waals surface area contributed by atoms with Gasteiger partial charge in [-0.15, -0.1) is 0 Å². The van der Waals surface area contributed by atoms with Crippen LogP contribution in [0.5, 0.6) is 11.5 Å². The molecule has 1 aromatic rings. The molecule has 1 aliphatic rings. The highest BCUT2D eigenvalue weighted by molar-refractivity contribution is 5.98. The zero-order valence-corrected chi connectivity index (χ0v) is 10.1. The minimum atomic E-state index is -0.143. The van der Waals surface area contributed by atoms with E-state index in [0.29, 0.717) is 23.6 Å². The molecule has 0 radical (unpaired) electrons. The number of ketones is 1. The summed E-state index contributed by atoms with van der Waals surface area (Å²) in [6, 6.07) is 5.26. The van der Waals surface area contributed by atoms with Crippen LogP contribution in [0.15, 0.2) is 18.2 Å². The number of hydrogen-bond acceptors (Lipinski definition) is 4. The van der Waals surface area contributed by atoms with Gasteiger partial charge in [0.1, 0.15) is 0 Å². The van der Waals surface area contributed by atoms with E-state index in [1.807, 2.05) is 13.8 Å². The molecule has 17 heavy (non-hydrogen) atoms. The number of fused-ring (bicyclic) bond motifs is 1. The van der Waals surface area contributed by atoms with E-state index < -0.39 is 0 Å². The number of Topliss-reactive ketones (excluding diaryl/α,β-unsaturated/α-hetero) is 1. The van der Waals surface area contributed by atoms with E-state index in [1.165, 1.54) is 0 Å². The highest BCUT2D eigenvalue weighted by atomic mass is 16.7. The number of benzene rings is 1. The lowest BCUT2D eigenvalue weighted by Crippen LogP contribution is -2.28. The molecular formula is C13H17NO3. The Balaban J connectivity index is 2.25. The van der Waals surface area contributed by atoms with Crippen molar-refractivity contribution in [2.45, 2.75) is 13.8 Å². The van der Waals surface area contributed by atoms with E-state index in [9.17, 15) is 4.79 Å². The van der Waals surface area contributed by atoms with Crippen LogP contribution in [0.1, 0.15) is 24.2 Å². The summed E-state index contributed by atoms with van der Waals surface area (Å²) in [5, 5.41) is 0. The fourth-order valence-electron chi connectivity index (χ4n) is 1.95. The van der Waals surface area contributed by atoms with Crippen LogP contribution in [0.4, 0.5) is 0 Å². The fraction of sp³-hybridized carbons (Fsp3) is 0.462. The summed E-state index contributed by atoms with van der Waals surface area (Å²) in [7, 11) is 0. The number of hydrogen-bond donors (Lipinski definition) is 1. The van der Waals surface area contributed by atoms with Crippen molar-refractivity contribution in [1.29, 1.82) is 0 Å². The minimum absolute atomic E-state index is 0.0702. The Kier molecular flexibility index (Phi) is 3.33. The van der Waals surface area contributed by atoms with Gasteiger partial charge in [-0.3, -0.25) is 4.79 Å². The molecule has 92 valence electrons. The Morgan fingerprint density at radius 2 is 2.06 bits per heavy atom. The van der Waals surface area contributed by atoms with Crippen LogP contribution in [0.3, 0.4) is 0 Å². The van der Waals surface area contributed by atoms with Crippen molar-refractivity contribution >= 4 is 5.78 Å². The van der Waals surface area contributed by atoms with Crippen LogP contribution in [0.25, 0.3) is 0 Å². The summed E-state index contributed by atoms with van der Waals surface area (Å²) < 4.78 is 10.5. The van der Waals surface area contributed by atoms with Gasteiger partial charge in [0.25, 0.3) is 0 Å². The smallest absolute Gasteiger partial charge is 0.231 e. The van der Waals surface area contributed by atoms with Gasteiger partial charge in [-0.05, 0) is 24.1 Å². The second kappa shape index (κ2) is 4.75. The molecule has 0 fully saturated rings. The van der Waals surface area contributed by atoms with Crippen molar-refractivity contribution in [3.8, 4) is 11.5 Å². The second-order valence-electron chi connectivity index (χ2n) is 4.52. The van der Waals surface area contributed by atoms with Crippen molar-refractivity contribution in [1.82, 2.24) is 0 Å². The van der Waals surface area contributed by atoms with Crippen molar-refractivity contribution in [2.75, 3.05) is 13.3 Å². The molecule has 1 aromatic carbocycles. The SMILES string of the molecule is CC(C)C(CN)C(=O)c1ccc2c(c1)OCO2. The van der Waals surface area contributed by atoms with Crippen LogP contribution in [-0.4, -0.2) is 19.1 Å². The third-order valence-electron chi connectivity index (χ3n) is 3.05. The lowest BCUT2D eigenvalue weighted by Gasteiger charge is -2.17. The Morgan fingerprint density at radius 3 is 2.71 bits per heavy atom. The standard InChI is InChI=1S/C13H17NO3/c1-8(2)10(6-14)13(15)9-3-4-11-12(5-9)17-7-16-11/h3-5,8,10H,6-7,14H2,1-2H3. The number of nitrogens with two attached hydrogens (primary N) is 1. The normalized spacial score (nSPS) is 15.1. The quantitative estimate of drug-likeness (QED) is 0.809. The summed E-state index contributed by atoms with van der Waals surface area (Å²) in [5.41, 5.74) is 6.29. The summed E-state index contributed by atoms with van der Waals surface area (Å²) in [6.07, 6.45) is 0. The maximum Gasteiger partial charge on any atom is 0.231 e. The molecular weight excluding hydrogens is 218 g/mol. The van der Waals surface area contributed by atoms with Gasteiger partial charge in [-0.2, -0.15) is 0 Å². The number of carbonyl (C=O) groups is 1. The minimum Gasteiger partial charge on any atom is -0.454 e. The lowest BCUT2D eigenvalue weighted by atomic mass is 9.88. The molecule has 0 aromatic heterocycles. The first kappa shape index (κ1) is 11.9. The van der Waals surface area contributed by atoms with Gasteiger partial charge in [-0.25, -0.2) is 0 Å². The molecule has 0 spiro atoms. The van der Waals surface area contributed by atoms with E-state index in [1.54, 1.807) is 18.2 Å². The topological polar surface area (TPSA) is 61.6 Å². The van der Waals surface area contributed by atoms with Crippen LogP contribution >= 0.6 is 0 Å². The van der Waals surface area contributed by atoms with Gasteiger partial charge in [0, 0.05) is 18.0 Å². The van der Waals surface area contributed by atoms with Crippen LogP contribution in [0, 0.1) is 11.8 Å². The first-order valence-electron chi connectivity index (χ1n) is 5.77. The summed E-state index contributed by atoms with van der Waals surface area (Å²) >= 11 is 0. The van der Waals surface area contributed by atoms with E-state index in [-0.39, 0.29) is 24.4 Å². The van der Waals surface area contributed by atoms with Gasteiger partial charge >= 0.3 is 0 Å². The van der Waals surface area contributed by atoms with Gasteiger partial charge in [-0.1, -0.05) is 13.8 Å². The van der Waals surface area contributed by atoms with Gasteiger partial charge in [0.15, 0.2) is 17.3 Å². The maximum atomic E-state index is 12.2. The molecule has 0 amide bonds. The van der Waals surface area contributed by atoms with Crippen LogP contribution in [0.2, 0.25) is 0 Å². The summed E-state index contributed by atoms with van der Waals surface area (Å²) in [6.45, 7) is 4.59.